The van der Waals surface area contributed by atoms with Gasteiger partial charge >= 0.3 is 0 Å². The van der Waals surface area contributed by atoms with E-state index >= 15 is 0 Å². The van der Waals surface area contributed by atoms with Crippen LogP contribution < -0.4 is 0 Å². The fourth-order valence-corrected chi connectivity index (χ4v) is 1.19. The molecule has 0 aliphatic rings. The maximum Gasteiger partial charge on any atom is 0.0849 e. The number of hydrogen-bond acceptors (Lipinski definition) is 2. The van der Waals surface area contributed by atoms with Gasteiger partial charge in [-0.05, 0) is 33.1 Å². The molecular weight excluding hydrogens is 164 g/mol. The third kappa shape index (κ3) is 8.00. The zero-order valence-electron chi connectivity index (χ0n) is 8.79. The van der Waals surface area contributed by atoms with Gasteiger partial charge in [-0.25, -0.2) is 0 Å². The first kappa shape index (κ1) is 12.7. The zero-order valence-corrected chi connectivity index (χ0v) is 8.79. The minimum atomic E-state index is -0.874. The van der Waals surface area contributed by atoms with Crippen LogP contribution in [0.15, 0.2) is 12.2 Å². The predicted octanol–water partition coefficient (Wildman–Crippen LogP) is 2.26. The van der Waals surface area contributed by atoms with Crippen LogP contribution in [0, 0.1) is 0 Å². The van der Waals surface area contributed by atoms with E-state index in [-0.39, 0.29) is 6.61 Å². The molecule has 2 nitrogen and oxygen atoms in total. The second-order valence-corrected chi connectivity index (χ2v) is 3.82. The maximum atomic E-state index is 9.46. The van der Waals surface area contributed by atoms with Gasteiger partial charge < -0.3 is 10.2 Å². The Morgan fingerprint density at radius 2 is 1.92 bits per heavy atom. The number of rotatable bonds is 7. The minimum absolute atomic E-state index is 0.137. The molecule has 13 heavy (non-hydrogen) atoms. The van der Waals surface area contributed by atoms with Gasteiger partial charge in [0.05, 0.1) is 12.2 Å². The van der Waals surface area contributed by atoms with E-state index in [1.165, 1.54) is 6.42 Å². The summed E-state index contributed by atoms with van der Waals surface area (Å²) in [6.45, 7) is 3.57. The summed E-state index contributed by atoms with van der Waals surface area (Å²) >= 11 is 0. The van der Waals surface area contributed by atoms with Gasteiger partial charge in [-0.2, -0.15) is 0 Å². The number of allylic oxidation sites excluding steroid dienone is 2. The topological polar surface area (TPSA) is 40.5 Å². The molecule has 2 heteroatoms. The predicted molar refractivity (Wildman–Crippen MR) is 55.6 cm³/mol. The van der Waals surface area contributed by atoms with E-state index in [4.69, 9.17) is 5.11 Å². The Morgan fingerprint density at radius 1 is 1.23 bits per heavy atom. The van der Waals surface area contributed by atoms with E-state index < -0.39 is 5.60 Å². The molecule has 0 aliphatic carbocycles. The van der Waals surface area contributed by atoms with Crippen LogP contribution in [-0.2, 0) is 0 Å². The van der Waals surface area contributed by atoms with Crippen molar-refractivity contribution in [2.75, 3.05) is 6.61 Å². The third-order valence-corrected chi connectivity index (χ3v) is 2.16. The monoisotopic (exact) mass is 186 g/mol. The number of aliphatic hydroxyl groups excluding tert-OH is 1. The molecule has 0 saturated heterocycles. The van der Waals surface area contributed by atoms with Gasteiger partial charge in [-0.1, -0.05) is 25.0 Å². The highest BCUT2D eigenvalue weighted by Gasteiger charge is 2.17. The molecule has 0 saturated carbocycles. The summed E-state index contributed by atoms with van der Waals surface area (Å²) in [5.74, 6) is 0. The van der Waals surface area contributed by atoms with Gasteiger partial charge in [-0.15, -0.1) is 0 Å². The lowest BCUT2D eigenvalue weighted by Gasteiger charge is -2.19. The lowest BCUT2D eigenvalue weighted by atomic mass is 9.99. The van der Waals surface area contributed by atoms with Crippen molar-refractivity contribution in [1.29, 1.82) is 0 Å². The number of hydrogen-bond donors (Lipinski definition) is 2. The Labute approximate surface area is 81.3 Å². The van der Waals surface area contributed by atoms with Gasteiger partial charge in [0.1, 0.15) is 0 Å². The summed E-state index contributed by atoms with van der Waals surface area (Å²) in [5, 5.41) is 18.2. The van der Waals surface area contributed by atoms with E-state index in [0.717, 1.165) is 19.3 Å². The van der Waals surface area contributed by atoms with E-state index in [0.29, 0.717) is 6.42 Å². The molecule has 0 heterocycles. The molecule has 0 aromatic heterocycles. The second-order valence-electron chi connectivity index (χ2n) is 3.82. The van der Waals surface area contributed by atoms with Crippen LogP contribution >= 0.6 is 0 Å². The van der Waals surface area contributed by atoms with Gasteiger partial charge in [0.2, 0.25) is 0 Å². The van der Waals surface area contributed by atoms with Crippen LogP contribution in [0.4, 0.5) is 0 Å². The smallest absolute Gasteiger partial charge is 0.0849 e. The van der Waals surface area contributed by atoms with Crippen molar-refractivity contribution in [2.45, 2.75) is 51.6 Å². The molecule has 0 aliphatic heterocycles. The summed E-state index contributed by atoms with van der Waals surface area (Å²) in [4.78, 5) is 0. The summed E-state index contributed by atoms with van der Waals surface area (Å²) < 4.78 is 0. The molecule has 78 valence electrons. The molecule has 1 unspecified atom stereocenters. The minimum Gasteiger partial charge on any atom is -0.393 e. The van der Waals surface area contributed by atoms with Crippen LogP contribution in [0.2, 0.25) is 0 Å². The van der Waals surface area contributed by atoms with Crippen molar-refractivity contribution in [3.63, 3.8) is 0 Å². The first-order chi connectivity index (χ1) is 6.12. The fraction of sp³-hybridized carbons (Fsp3) is 0.818. The Hall–Kier alpha value is -0.340. The van der Waals surface area contributed by atoms with Crippen LogP contribution in [-0.4, -0.2) is 22.4 Å². The third-order valence-electron chi connectivity index (χ3n) is 2.16. The molecule has 0 fully saturated rings. The molecule has 2 N–H and O–H groups in total. The fourth-order valence-electron chi connectivity index (χ4n) is 1.19. The standard InChI is InChI=1S/C11H22O2/c1-3-4-5-6-7-8-9-11(2,13)10-12/h3-4,12-13H,5-10H2,1-2H3/b4-3+. The average Bonchev–Trinajstić information content (AvgIpc) is 2.11. The van der Waals surface area contributed by atoms with Crippen LogP contribution in [0.5, 0.6) is 0 Å². The molecular formula is C11H22O2. The molecule has 0 spiro atoms. The summed E-state index contributed by atoms with van der Waals surface area (Å²) in [6, 6.07) is 0. The SMILES string of the molecule is C/C=C/CCCCCC(C)(O)CO. The van der Waals surface area contributed by atoms with E-state index in [1.807, 2.05) is 6.92 Å². The molecule has 0 aromatic rings. The summed E-state index contributed by atoms with van der Waals surface area (Å²) in [6.07, 6.45) is 9.32. The average molecular weight is 186 g/mol. The normalized spacial score (nSPS) is 16.3. The molecule has 0 aromatic carbocycles. The molecule has 0 rings (SSSR count). The van der Waals surface area contributed by atoms with Crippen molar-refractivity contribution in [2.24, 2.45) is 0 Å². The van der Waals surface area contributed by atoms with Crippen molar-refractivity contribution in [1.82, 2.24) is 0 Å². The highest BCUT2D eigenvalue weighted by molar-refractivity contribution is 4.76. The lowest BCUT2D eigenvalue weighted by Crippen LogP contribution is -2.28. The van der Waals surface area contributed by atoms with Crippen molar-refractivity contribution < 1.29 is 10.2 Å². The Bertz CT molecular complexity index is 139. The first-order valence-corrected chi connectivity index (χ1v) is 5.07. The van der Waals surface area contributed by atoms with Gasteiger partial charge in [0, 0.05) is 0 Å². The van der Waals surface area contributed by atoms with Crippen molar-refractivity contribution >= 4 is 0 Å². The molecule has 0 amide bonds. The van der Waals surface area contributed by atoms with E-state index in [2.05, 4.69) is 12.2 Å². The molecule has 0 bridgehead atoms. The Balaban J connectivity index is 3.25. The van der Waals surface area contributed by atoms with Crippen molar-refractivity contribution in [3.05, 3.63) is 12.2 Å². The largest absolute Gasteiger partial charge is 0.393 e. The molecule has 0 radical (unpaired) electrons. The van der Waals surface area contributed by atoms with Crippen molar-refractivity contribution in [3.8, 4) is 0 Å². The van der Waals surface area contributed by atoms with E-state index in [1.54, 1.807) is 6.92 Å². The van der Waals surface area contributed by atoms with Crippen LogP contribution in [0.3, 0.4) is 0 Å². The van der Waals surface area contributed by atoms with Gasteiger partial charge in [0.15, 0.2) is 0 Å². The maximum absolute atomic E-state index is 9.46. The Morgan fingerprint density at radius 3 is 2.46 bits per heavy atom. The first-order valence-electron chi connectivity index (χ1n) is 5.07. The lowest BCUT2D eigenvalue weighted by molar-refractivity contribution is -0.00691. The van der Waals surface area contributed by atoms with Gasteiger partial charge in [0.25, 0.3) is 0 Å². The molecule has 1 atom stereocenters. The van der Waals surface area contributed by atoms with Gasteiger partial charge in [-0.3, -0.25) is 0 Å². The summed E-state index contributed by atoms with van der Waals surface area (Å²) in [7, 11) is 0. The zero-order chi connectivity index (χ0) is 10.2. The second kappa shape index (κ2) is 7.10. The van der Waals surface area contributed by atoms with Crippen LogP contribution in [0.25, 0.3) is 0 Å². The van der Waals surface area contributed by atoms with E-state index in [9.17, 15) is 5.11 Å². The summed E-state index contributed by atoms with van der Waals surface area (Å²) in [5.41, 5.74) is -0.874. The quantitative estimate of drug-likeness (QED) is 0.473. The van der Waals surface area contributed by atoms with Crippen LogP contribution in [0.1, 0.15) is 46.0 Å². The Kier molecular flexibility index (Phi) is 6.92. The highest BCUT2D eigenvalue weighted by atomic mass is 16.3. The number of unbranched alkanes of at least 4 members (excludes halogenated alkanes) is 3. The number of aliphatic hydroxyl groups is 2. The highest BCUT2D eigenvalue weighted by Crippen LogP contribution is 2.14.